The molecule has 1 fully saturated rings. The number of sulfonamides is 1. The Labute approximate surface area is 164 Å². The van der Waals surface area contributed by atoms with Crippen molar-refractivity contribution in [2.45, 2.75) is 24.7 Å². The Morgan fingerprint density at radius 2 is 1.79 bits per heavy atom. The molecule has 0 bridgehead atoms. The number of anilines is 1. The summed E-state index contributed by atoms with van der Waals surface area (Å²) >= 11 is 0. The molecule has 28 heavy (non-hydrogen) atoms. The fourth-order valence-corrected chi connectivity index (χ4v) is 4.61. The number of hydrogen-bond acceptors (Lipinski definition) is 5. The highest BCUT2D eigenvalue weighted by Gasteiger charge is 2.27. The van der Waals surface area contributed by atoms with Gasteiger partial charge in [-0.15, -0.1) is 0 Å². The first-order chi connectivity index (χ1) is 13.4. The van der Waals surface area contributed by atoms with Gasteiger partial charge in [-0.05, 0) is 50.1 Å². The Kier molecular flexibility index (Phi) is 6.11. The van der Waals surface area contributed by atoms with E-state index in [4.69, 9.17) is 4.74 Å². The van der Waals surface area contributed by atoms with Crippen LogP contribution in [-0.4, -0.2) is 44.3 Å². The van der Waals surface area contributed by atoms with E-state index in [1.165, 1.54) is 28.6 Å². The molecule has 0 saturated carbocycles. The normalized spacial score (nSPS) is 14.6. The molecule has 0 atom stereocenters. The van der Waals surface area contributed by atoms with Crippen LogP contribution in [0.2, 0.25) is 0 Å². The number of rotatable bonds is 6. The number of hydrogen-bond donors (Lipinski definition) is 1. The molecule has 1 aliphatic heterocycles. The summed E-state index contributed by atoms with van der Waals surface area (Å²) in [4.78, 5) is 24.8. The molecule has 0 aromatic heterocycles. The summed E-state index contributed by atoms with van der Waals surface area (Å²) in [7, 11) is -3.62. The average Bonchev–Trinajstić information content (AvgIpc) is 3.24. The maximum absolute atomic E-state index is 12.7. The summed E-state index contributed by atoms with van der Waals surface area (Å²) in [5.74, 6) is -1.04. The minimum absolute atomic E-state index is 0.0840. The number of benzene rings is 2. The monoisotopic (exact) mass is 402 g/mol. The minimum atomic E-state index is -3.62. The van der Waals surface area contributed by atoms with Crippen molar-refractivity contribution in [1.29, 1.82) is 0 Å². The molecule has 0 unspecified atom stereocenters. The SMILES string of the molecule is CCOC(=O)c1ccccc1NC(=O)c1cccc(S(=O)(=O)N2CCCC2)c1. The third-order valence-electron chi connectivity index (χ3n) is 4.47. The molecule has 1 N–H and O–H groups in total. The van der Waals surface area contributed by atoms with E-state index >= 15 is 0 Å². The van der Waals surface area contributed by atoms with Gasteiger partial charge in [0.1, 0.15) is 0 Å². The van der Waals surface area contributed by atoms with Crippen LogP contribution in [0.15, 0.2) is 53.4 Å². The van der Waals surface area contributed by atoms with Gasteiger partial charge in [0.15, 0.2) is 0 Å². The highest BCUT2D eigenvalue weighted by molar-refractivity contribution is 7.89. The van der Waals surface area contributed by atoms with Gasteiger partial charge < -0.3 is 10.1 Å². The van der Waals surface area contributed by atoms with Gasteiger partial charge >= 0.3 is 5.97 Å². The van der Waals surface area contributed by atoms with E-state index in [1.807, 2.05) is 0 Å². The van der Waals surface area contributed by atoms with Crippen LogP contribution in [-0.2, 0) is 14.8 Å². The van der Waals surface area contributed by atoms with Gasteiger partial charge in [0.25, 0.3) is 5.91 Å². The first-order valence-corrected chi connectivity index (χ1v) is 10.5. The zero-order valence-electron chi connectivity index (χ0n) is 15.6. The van der Waals surface area contributed by atoms with Gasteiger partial charge in [0, 0.05) is 18.7 Å². The molecule has 0 aliphatic carbocycles. The second-order valence-electron chi connectivity index (χ2n) is 6.36. The lowest BCUT2D eigenvalue weighted by molar-refractivity contribution is 0.0527. The third kappa shape index (κ3) is 4.23. The summed E-state index contributed by atoms with van der Waals surface area (Å²) in [5, 5.41) is 2.67. The van der Waals surface area contributed by atoms with Crippen molar-refractivity contribution in [3.8, 4) is 0 Å². The second kappa shape index (κ2) is 8.53. The summed E-state index contributed by atoms with van der Waals surface area (Å²) < 4.78 is 31.9. The van der Waals surface area contributed by atoms with Crippen molar-refractivity contribution in [1.82, 2.24) is 4.31 Å². The van der Waals surface area contributed by atoms with Crippen molar-refractivity contribution < 1.29 is 22.7 Å². The number of esters is 1. The molecule has 148 valence electrons. The molecule has 1 saturated heterocycles. The van der Waals surface area contributed by atoms with Gasteiger partial charge in [-0.1, -0.05) is 18.2 Å². The first-order valence-electron chi connectivity index (χ1n) is 9.11. The smallest absolute Gasteiger partial charge is 0.340 e. The molecule has 0 radical (unpaired) electrons. The quantitative estimate of drug-likeness (QED) is 0.750. The highest BCUT2D eigenvalue weighted by Crippen LogP contribution is 2.23. The van der Waals surface area contributed by atoms with Gasteiger partial charge in [0.05, 0.1) is 22.8 Å². The molecule has 1 amide bonds. The standard InChI is InChI=1S/C20H22N2O5S/c1-2-27-20(24)17-10-3-4-11-18(17)21-19(23)15-8-7-9-16(14-15)28(25,26)22-12-5-6-13-22/h3-4,7-11,14H,2,5-6,12-13H2,1H3,(H,21,23). The number of nitrogens with zero attached hydrogens (tertiary/aromatic N) is 1. The van der Waals surface area contributed by atoms with E-state index in [9.17, 15) is 18.0 Å². The lowest BCUT2D eigenvalue weighted by Crippen LogP contribution is -2.28. The topological polar surface area (TPSA) is 92.8 Å². The van der Waals surface area contributed by atoms with Crippen LogP contribution in [0, 0.1) is 0 Å². The largest absolute Gasteiger partial charge is 0.462 e. The molecular weight excluding hydrogens is 380 g/mol. The van der Waals surface area contributed by atoms with Crippen molar-refractivity contribution >= 4 is 27.6 Å². The maximum Gasteiger partial charge on any atom is 0.340 e. The number of para-hydroxylation sites is 1. The lowest BCUT2D eigenvalue weighted by atomic mass is 10.1. The van der Waals surface area contributed by atoms with Crippen molar-refractivity contribution in [2.24, 2.45) is 0 Å². The summed E-state index contributed by atoms with van der Waals surface area (Å²) in [5.41, 5.74) is 0.733. The summed E-state index contributed by atoms with van der Waals surface area (Å²) in [6, 6.07) is 12.4. The maximum atomic E-state index is 12.7. The van der Waals surface area contributed by atoms with Gasteiger partial charge in [-0.25, -0.2) is 13.2 Å². The second-order valence-corrected chi connectivity index (χ2v) is 8.30. The number of nitrogens with one attached hydrogen (secondary N) is 1. The Morgan fingerprint density at radius 1 is 1.07 bits per heavy atom. The van der Waals surface area contributed by atoms with E-state index in [2.05, 4.69) is 5.32 Å². The van der Waals surface area contributed by atoms with Crippen LogP contribution >= 0.6 is 0 Å². The summed E-state index contributed by atoms with van der Waals surface area (Å²) in [6.07, 6.45) is 1.67. The molecule has 2 aromatic rings. The van der Waals surface area contributed by atoms with Crippen LogP contribution in [0.5, 0.6) is 0 Å². The number of carbonyl (C=O) groups excluding carboxylic acids is 2. The van der Waals surface area contributed by atoms with Crippen molar-refractivity contribution in [3.63, 3.8) is 0 Å². The van der Waals surface area contributed by atoms with Crippen LogP contribution in [0.3, 0.4) is 0 Å². The van der Waals surface area contributed by atoms with Gasteiger partial charge in [-0.3, -0.25) is 4.79 Å². The minimum Gasteiger partial charge on any atom is -0.462 e. The molecule has 0 spiro atoms. The molecule has 8 heteroatoms. The fraction of sp³-hybridized carbons (Fsp3) is 0.300. The lowest BCUT2D eigenvalue weighted by Gasteiger charge is -2.16. The van der Waals surface area contributed by atoms with E-state index in [-0.39, 0.29) is 22.6 Å². The van der Waals surface area contributed by atoms with Crippen LogP contribution in [0.1, 0.15) is 40.5 Å². The van der Waals surface area contributed by atoms with Crippen LogP contribution in [0.4, 0.5) is 5.69 Å². The Bertz CT molecular complexity index is 982. The highest BCUT2D eigenvalue weighted by atomic mass is 32.2. The number of carbonyl (C=O) groups is 2. The molecule has 7 nitrogen and oxygen atoms in total. The van der Waals surface area contributed by atoms with E-state index in [0.717, 1.165) is 12.8 Å². The molecule has 3 rings (SSSR count). The van der Waals surface area contributed by atoms with Gasteiger partial charge in [0.2, 0.25) is 10.0 Å². The average molecular weight is 402 g/mol. The van der Waals surface area contributed by atoms with Crippen LogP contribution in [0.25, 0.3) is 0 Å². The van der Waals surface area contributed by atoms with E-state index < -0.39 is 21.9 Å². The molecule has 2 aromatic carbocycles. The molecular formula is C20H22N2O5S. The predicted octanol–water partition coefficient (Wildman–Crippen LogP) is 2.90. The van der Waals surface area contributed by atoms with E-state index in [1.54, 1.807) is 31.2 Å². The summed E-state index contributed by atoms with van der Waals surface area (Å²) in [6.45, 7) is 2.90. The third-order valence-corrected chi connectivity index (χ3v) is 6.36. The zero-order valence-corrected chi connectivity index (χ0v) is 16.4. The number of amides is 1. The molecule has 1 heterocycles. The van der Waals surface area contributed by atoms with Crippen molar-refractivity contribution in [2.75, 3.05) is 25.0 Å². The fourth-order valence-electron chi connectivity index (χ4n) is 3.05. The van der Waals surface area contributed by atoms with Gasteiger partial charge in [-0.2, -0.15) is 4.31 Å². The Hall–Kier alpha value is -2.71. The van der Waals surface area contributed by atoms with Crippen LogP contribution < -0.4 is 5.32 Å². The van der Waals surface area contributed by atoms with E-state index in [0.29, 0.717) is 18.8 Å². The Balaban J connectivity index is 1.84. The predicted molar refractivity (Wildman–Crippen MR) is 105 cm³/mol. The number of ether oxygens (including phenoxy) is 1. The van der Waals surface area contributed by atoms with Crippen molar-refractivity contribution in [3.05, 3.63) is 59.7 Å². The Morgan fingerprint density at radius 3 is 2.50 bits per heavy atom. The molecule has 1 aliphatic rings. The first kappa shape index (κ1) is 20.0. The zero-order chi connectivity index (χ0) is 20.1.